The molecule has 25 heavy (non-hydrogen) atoms. The third-order valence-corrected chi connectivity index (χ3v) is 5.49. The van der Waals surface area contributed by atoms with Crippen LogP contribution in [0.15, 0.2) is 24.3 Å². The molecule has 2 saturated heterocycles. The second-order valence-corrected chi connectivity index (χ2v) is 7.43. The Morgan fingerprint density at radius 2 is 2.00 bits per heavy atom. The molecule has 0 radical (unpaired) electrons. The number of nitrogens with one attached hydrogen (secondary N) is 1. The molecule has 2 aliphatic rings. The molecule has 0 spiro atoms. The van der Waals surface area contributed by atoms with Gasteiger partial charge in [0.05, 0.1) is 6.10 Å². The summed E-state index contributed by atoms with van der Waals surface area (Å²) in [6.07, 6.45) is 6.69. The number of carbonyl (C=O) groups is 1. The van der Waals surface area contributed by atoms with E-state index in [0.717, 1.165) is 45.4 Å². The summed E-state index contributed by atoms with van der Waals surface area (Å²) in [6.45, 7) is 4.63. The van der Waals surface area contributed by atoms with Gasteiger partial charge in [0.25, 0.3) is 0 Å². The van der Waals surface area contributed by atoms with Crippen LogP contribution in [0.5, 0.6) is 5.75 Å². The highest BCUT2D eigenvalue weighted by molar-refractivity contribution is 5.74. The van der Waals surface area contributed by atoms with Crippen molar-refractivity contribution in [1.29, 1.82) is 0 Å². The smallest absolute Gasteiger partial charge is 0.317 e. The molecular formula is C20H30N2O3. The van der Waals surface area contributed by atoms with Crippen LogP contribution in [-0.4, -0.2) is 47.9 Å². The largest absolute Gasteiger partial charge is 0.508 e. The molecule has 2 heterocycles. The summed E-state index contributed by atoms with van der Waals surface area (Å²) in [7, 11) is 0. The Kier molecular flexibility index (Phi) is 6.19. The zero-order chi connectivity index (χ0) is 17.6. The summed E-state index contributed by atoms with van der Waals surface area (Å²) in [6, 6.07) is 7.47. The van der Waals surface area contributed by atoms with Crippen LogP contribution in [-0.2, 0) is 11.2 Å². The van der Waals surface area contributed by atoms with Gasteiger partial charge in [-0.3, -0.25) is 0 Å². The number of hydrogen-bond donors (Lipinski definition) is 2. The van der Waals surface area contributed by atoms with Gasteiger partial charge in [-0.05, 0) is 69.1 Å². The zero-order valence-corrected chi connectivity index (χ0v) is 15.1. The van der Waals surface area contributed by atoms with Crippen molar-refractivity contribution in [2.45, 2.75) is 57.6 Å². The third-order valence-electron chi connectivity index (χ3n) is 5.49. The number of hydrogen-bond acceptors (Lipinski definition) is 3. The number of nitrogens with zero attached hydrogens (tertiary/aromatic N) is 1. The van der Waals surface area contributed by atoms with Gasteiger partial charge >= 0.3 is 6.03 Å². The number of piperidine rings is 1. The molecule has 2 amide bonds. The van der Waals surface area contributed by atoms with Crippen molar-refractivity contribution in [3.63, 3.8) is 0 Å². The number of likely N-dealkylation sites (tertiary alicyclic amines) is 1. The fourth-order valence-corrected chi connectivity index (χ4v) is 3.87. The van der Waals surface area contributed by atoms with Gasteiger partial charge < -0.3 is 20.1 Å². The molecule has 3 rings (SSSR count). The minimum atomic E-state index is 0.0593. The first-order chi connectivity index (χ1) is 12.1. The highest BCUT2D eigenvalue weighted by Gasteiger charge is 2.31. The average molecular weight is 346 g/mol. The van der Waals surface area contributed by atoms with Crippen molar-refractivity contribution in [1.82, 2.24) is 10.2 Å². The highest BCUT2D eigenvalue weighted by atomic mass is 16.5. The van der Waals surface area contributed by atoms with Gasteiger partial charge in [0, 0.05) is 25.7 Å². The minimum absolute atomic E-state index is 0.0593. The molecule has 1 aromatic carbocycles. The maximum absolute atomic E-state index is 12.4. The number of urea groups is 1. The Hall–Kier alpha value is -1.75. The van der Waals surface area contributed by atoms with Gasteiger partial charge in [-0.2, -0.15) is 0 Å². The summed E-state index contributed by atoms with van der Waals surface area (Å²) in [5, 5.41) is 12.4. The molecule has 0 aromatic heterocycles. The Morgan fingerprint density at radius 1 is 1.28 bits per heavy atom. The lowest BCUT2D eigenvalue weighted by molar-refractivity contribution is 0.0370. The van der Waals surface area contributed by atoms with Gasteiger partial charge in [-0.1, -0.05) is 12.1 Å². The first-order valence-electron chi connectivity index (χ1n) is 9.57. The Bertz CT molecular complexity index is 547. The van der Waals surface area contributed by atoms with E-state index in [9.17, 15) is 9.90 Å². The van der Waals surface area contributed by atoms with Crippen LogP contribution in [0.2, 0.25) is 0 Å². The van der Waals surface area contributed by atoms with Gasteiger partial charge in [-0.25, -0.2) is 4.79 Å². The van der Waals surface area contributed by atoms with Gasteiger partial charge in [-0.15, -0.1) is 0 Å². The fraction of sp³-hybridized carbons (Fsp3) is 0.650. The number of aryl methyl sites for hydroxylation is 1. The van der Waals surface area contributed by atoms with Crippen molar-refractivity contribution in [3.8, 4) is 5.75 Å². The lowest BCUT2D eigenvalue weighted by Gasteiger charge is -2.35. The summed E-state index contributed by atoms with van der Waals surface area (Å²) in [4.78, 5) is 14.4. The van der Waals surface area contributed by atoms with E-state index in [1.165, 1.54) is 18.4 Å². The zero-order valence-electron chi connectivity index (χ0n) is 15.1. The van der Waals surface area contributed by atoms with Crippen LogP contribution >= 0.6 is 0 Å². The number of benzene rings is 1. The van der Waals surface area contributed by atoms with E-state index >= 15 is 0 Å². The monoisotopic (exact) mass is 346 g/mol. The summed E-state index contributed by atoms with van der Waals surface area (Å²) in [5.41, 5.74) is 1.18. The van der Waals surface area contributed by atoms with E-state index in [1.807, 2.05) is 17.0 Å². The molecule has 1 aromatic rings. The third kappa shape index (κ3) is 5.11. The molecule has 5 nitrogen and oxygen atoms in total. The second-order valence-electron chi connectivity index (χ2n) is 7.43. The molecule has 5 heteroatoms. The van der Waals surface area contributed by atoms with E-state index < -0.39 is 0 Å². The van der Waals surface area contributed by atoms with Crippen molar-refractivity contribution in [2.24, 2.45) is 5.92 Å². The van der Waals surface area contributed by atoms with Crippen LogP contribution < -0.4 is 5.32 Å². The SMILES string of the molecule is CC(CCc1ccc(O)cc1)NC(=O)N1CCC(C2CCCO2)CC1. The van der Waals surface area contributed by atoms with E-state index in [1.54, 1.807) is 12.1 Å². The summed E-state index contributed by atoms with van der Waals surface area (Å²) < 4.78 is 5.80. The molecule has 2 atom stereocenters. The quantitative estimate of drug-likeness (QED) is 0.860. The number of carbonyl (C=O) groups excluding carboxylic acids is 1. The highest BCUT2D eigenvalue weighted by Crippen LogP contribution is 2.28. The molecule has 0 bridgehead atoms. The number of aromatic hydroxyl groups is 1. The van der Waals surface area contributed by atoms with E-state index in [-0.39, 0.29) is 17.8 Å². The maximum Gasteiger partial charge on any atom is 0.317 e. The Balaban J connectivity index is 1.37. The summed E-state index contributed by atoms with van der Waals surface area (Å²) >= 11 is 0. The number of phenolic OH excluding ortho intramolecular Hbond substituents is 1. The lowest BCUT2D eigenvalue weighted by atomic mass is 9.90. The second kappa shape index (κ2) is 8.56. The van der Waals surface area contributed by atoms with Crippen LogP contribution in [0.1, 0.15) is 44.6 Å². The molecule has 0 aliphatic carbocycles. The van der Waals surface area contributed by atoms with E-state index in [4.69, 9.17) is 4.74 Å². The number of phenols is 1. The number of amides is 2. The summed E-state index contributed by atoms with van der Waals surface area (Å²) in [5.74, 6) is 0.912. The molecule has 138 valence electrons. The average Bonchev–Trinajstić information content (AvgIpc) is 3.16. The lowest BCUT2D eigenvalue weighted by Crippen LogP contribution is -2.48. The Morgan fingerprint density at radius 3 is 2.64 bits per heavy atom. The van der Waals surface area contributed by atoms with Crippen molar-refractivity contribution >= 4 is 6.03 Å². The number of ether oxygens (including phenoxy) is 1. The molecule has 2 aliphatic heterocycles. The van der Waals surface area contributed by atoms with Crippen LogP contribution in [0.4, 0.5) is 4.79 Å². The van der Waals surface area contributed by atoms with Gasteiger partial charge in [0.15, 0.2) is 0 Å². The molecule has 2 N–H and O–H groups in total. The topological polar surface area (TPSA) is 61.8 Å². The van der Waals surface area contributed by atoms with E-state index in [0.29, 0.717) is 12.0 Å². The van der Waals surface area contributed by atoms with Gasteiger partial charge in [0.2, 0.25) is 0 Å². The van der Waals surface area contributed by atoms with Crippen LogP contribution in [0.25, 0.3) is 0 Å². The van der Waals surface area contributed by atoms with Crippen molar-refractivity contribution in [3.05, 3.63) is 29.8 Å². The van der Waals surface area contributed by atoms with Gasteiger partial charge in [0.1, 0.15) is 5.75 Å². The molecule has 2 fully saturated rings. The van der Waals surface area contributed by atoms with Crippen LogP contribution in [0.3, 0.4) is 0 Å². The molecular weight excluding hydrogens is 316 g/mol. The Labute approximate surface area is 150 Å². The first kappa shape index (κ1) is 18.1. The van der Waals surface area contributed by atoms with Crippen LogP contribution in [0, 0.1) is 5.92 Å². The van der Waals surface area contributed by atoms with Crippen molar-refractivity contribution in [2.75, 3.05) is 19.7 Å². The van der Waals surface area contributed by atoms with E-state index in [2.05, 4.69) is 12.2 Å². The fourth-order valence-electron chi connectivity index (χ4n) is 3.87. The van der Waals surface area contributed by atoms with Crippen molar-refractivity contribution < 1.29 is 14.6 Å². The minimum Gasteiger partial charge on any atom is -0.508 e. The first-order valence-corrected chi connectivity index (χ1v) is 9.57. The molecule has 0 saturated carbocycles. The normalized spacial score (nSPS) is 22.8. The predicted octanol–water partition coefficient (Wildman–Crippen LogP) is 3.31. The standard InChI is InChI=1S/C20H30N2O3/c1-15(4-5-16-6-8-18(23)9-7-16)21-20(24)22-12-10-17(11-13-22)19-3-2-14-25-19/h6-9,15,17,19,23H,2-5,10-14H2,1H3,(H,21,24). The maximum atomic E-state index is 12.4. The predicted molar refractivity (Wildman–Crippen MR) is 97.7 cm³/mol. The number of rotatable bonds is 5. The molecule has 2 unspecified atom stereocenters.